The molecule has 2 aromatic rings. The fourth-order valence-corrected chi connectivity index (χ4v) is 3.93. The lowest BCUT2D eigenvalue weighted by Crippen LogP contribution is -2.42. The summed E-state index contributed by atoms with van der Waals surface area (Å²) in [6, 6.07) is 22.3. The van der Waals surface area contributed by atoms with Gasteiger partial charge in [-0.3, -0.25) is 4.90 Å². The summed E-state index contributed by atoms with van der Waals surface area (Å²) in [5, 5.41) is 0. The Morgan fingerprint density at radius 2 is 1.32 bits per heavy atom. The van der Waals surface area contributed by atoms with Crippen molar-refractivity contribution in [3.8, 4) is 0 Å². The van der Waals surface area contributed by atoms with Crippen molar-refractivity contribution < 1.29 is 0 Å². The van der Waals surface area contributed by atoms with Gasteiger partial charge >= 0.3 is 0 Å². The lowest BCUT2D eigenvalue weighted by molar-refractivity contribution is 0.169. The summed E-state index contributed by atoms with van der Waals surface area (Å²) >= 11 is 2.03. The van der Waals surface area contributed by atoms with Crippen LogP contribution >= 0.6 is 11.8 Å². The fourth-order valence-electron chi connectivity index (χ4n) is 3.34. The topological polar surface area (TPSA) is 3.24 Å². The van der Waals surface area contributed by atoms with Gasteiger partial charge in [0.2, 0.25) is 0 Å². The lowest BCUT2D eigenvalue weighted by atomic mass is 9.91. The fraction of sp³-hybridized carbons (Fsp3) is 0.400. The first-order valence-corrected chi connectivity index (χ1v) is 9.33. The Kier molecular flexibility index (Phi) is 4.90. The molecule has 0 bridgehead atoms. The number of thioether (sulfide) groups is 1. The number of rotatable bonds is 4. The molecular formula is C20H25NS. The van der Waals surface area contributed by atoms with Crippen LogP contribution in [-0.4, -0.2) is 29.0 Å². The average molecular weight is 311 g/mol. The van der Waals surface area contributed by atoms with Crippen LogP contribution in [0.25, 0.3) is 0 Å². The Bertz CT molecular complexity index is 534. The highest BCUT2D eigenvalue weighted by Gasteiger charge is 2.33. The minimum atomic E-state index is 0.383. The number of piperidine rings is 1. The van der Waals surface area contributed by atoms with Crippen LogP contribution in [0.3, 0.4) is 0 Å². The zero-order valence-electron chi connectivity index (χ0n) is 13.5. The molecule has 1 aliphatic heterocycles. The van der Waals surface area contributed by atoms with E-state index in [0.29, 0.717) is 10.8 Å². The highest BCUT2D eigenvalue weighted by molar-refractivity contribution is 7.99. The second-order valence-corrected chi connectivity index (χ2v) is 7.81. The Balaban J connectivity index is 1.88. The van der Waals surface area contributed by atoms with Gasteiger partial charge in [-0.2, -0.15) is 11.8 Å². The maximum Gasteiger partial charge on any atom is 0.0601 e. The van der Waals surface area contributed by atoms with E-state index in [9.17, 15) is 0 Å². The Morgan fingerprint density at radius 3 is 1.73 bits per heavy atom. The molecule has 116 valence electrons. The van der Waals surface area contributed by atoms with E-state index in [1.807, 2.05) is 11.8 Å². The van der Waals surface area contributed by atoms with Crippen LogP contribution in [0.5, 0.6) is 0 Å². The SMILES string of the molecule is CSC1(C)CCN(C(c2ccccc2)c2ccccc2)CC1. The number of hydrogen-bond donors (Lipinski definition) is 0. The van der Waals surface area contributed by atoms with Crippen LogP contribution in [0, 0.1) is 0 Å². The number of nitrogens with zero attached hydrogens (tertiary/aromatic N) is 1. The normalized spacial score (nSPS) is 18.5. The molecule has 0 aliphatic carbocycles. The molecule has 0 radical (unpaired) electrons. The largest absolute Gasteiger partial charge is 0.292 e. The molecule has 0 atom stereocenters. The van der Waals surface area contributed by atoms with Crippen molar-refractivity contribution in [2.24, 2.45) is 0 Å². The summed E-state index contributed by atoms with van der Waals surface area (Å²) in [6.45, 7) is 4.76. The van der Waals surface area contributed by atoms with Crippen LogP contribution in [0.1, 0.15) is 36.9 Å². The minimum Gasteiger partial charge on any atom is -0.292 e. The van der Waals surface area contributed by atoms with E-state index >= 15 is 0 Å². The first kappa shape index (κ1) is 15.6. The van der Waals surface area contributed by atoms with Gasteiger partial charge in [-0.15, -0.1) is 0 Å². The second kappa shape index (κ2) is 6.89. The molecule has 1 heterocycles. The van der Waals surface area contributed by atoms with E-state index in [2.05, 4.69) is 78.7 Å². The second-order valence-electron chi connectivity index (χ2n) is 6.41. The van der Waals surface area contributed by atoms with Gasteiger partial charge in [-0.1, -0.05) is 67.6 Å². The molecule has 22 heavy (non-hydrogen) atoms. The average Bonchev–Trinajstić information content (AvgIpc) is 2.59. The molecule has 0 unspecified atom stereocenters. The van der Waals surface area contributed by atoms with Gasteiger partial charge < -0.3 is 0 Å². The van der Waals surface area contributed by atoms with Gasteiger partial charge in [0.25, 0.3) is 0 Å². The molecule has 1 aliphatic rings. The molecule has 0 amide bonds. The molecule has 0 N–H and O–H groups in total. The van der Waals surface area contributed by atoms with E-state index in [1.54, 1.807) is 0 Å². The molecular weight excluding hydrogens is 286 g/mol. The van der Waals surface area contributed by atoms with Crippen LogP contribution in [0.2, 0.25) is 0 Å². The van der Waals surface area contributed by atoms with Gasteiger partial charge in [0.05, 0.1) is 6.04 Å². The molecule has 0 spiro atoms. The van der Waals surface area contributed by atoms with Crippen LogP contribution in [0.4, 0.5) is 0 Å². The molecule has 1 fully saturated rings. The summed E-state index contributed by atoms with van der Waals surface area (Å²) in [5.41, 5.74) is 2.81. The Labute approximate surface area is 138 Å². The molecule has 3 rings (SSSR count). The number of benzene rings is 2. The van der Waals surface area contributed by atoms with Crippen LogP contribution < -0.4 is 0 Å². The highest BCUT2D eigenvalue weighted by Crippen LogP contribution is 2.38. The smallest absolute Gasteiger partial charge is 0.0601 e. The number of hydrogen-bond acceptors (Lipinski definition) is 2. The predicted octanol–water partition coefficient (Wildman–Crippen LogP) is 4.99. The van der Waals surface area contributed by atoms with Gasteiger partial charge in [0.15, 0.2) is 0 Å². The highest BCUT2D eigenvalue weighted by atomic mass is 32.2. The van der Waals surface area contributed by atoms with Gasteiger partial charge in [0.1, 0.15) is 0 Å². The first-order valence-electron chi connectivity index (χ1n) is 8.11. The van der Waals surface area contributed by atoms with E-state index in [0.717, 1.165) is 0 Å². The molecule has 1 saturated heterocycles. The third kappa shape index (κ3) is 3.39. The summed E-state index contributed by atoms with van der Waals surface area (Å²) in [4.78, 5) is 2.66. The van der Waals surface area contributed by atoms with Gasteiger partial charge in [-0.05, 0) is 30.2 Å². The first-order chi connectivity index (χ1) is 10.7. The van der Waals surface area contributed by atoms with Crippen molar-refractivity contribution >= 4 is 11.8 Å². The van der Waals surface area contributed by atoms with Crippen molar-refractivity contribution in [1.29, 1.82) is 0 Å². The van der Waals surface area contributed by atoms with Gasteiger partial charge in [0, 0.05) is 17.8 Å². The molecule has 2 heteroatoms. The number of likely N-dealkylation sites (tertiary alicyclic amines) is 1. The van der Waals surface area contributed by atoms with Crippen molar-refractivity contribution in [3.63, 3.8) is 0 Å². The van der Waals surface area contributed by atoms with Crippen LogP contribution in [0.15, 0.2) is 60.7 Å². The molecule has 0 saturated carbocycles. The van der Waals surface area contributed by atoms with Crippen molar-refractivity contribution in [1.82, 2.24) is 4.90 Å². The summed E-state index contributed by atoms with van der Waals surface area (Å²) < 4.78 is 0.453. The lowest BCUT2D eigenvalue weighted by Gasteiger charge is -2.42. The summed E-state index contributed by atoms with van der Waals surface area (Å²) in [5.74, 6) is 0. The zero-order valence-corrected chi connectivity index (χ0v) is 14.4. The maximum atomic E-state index is 2.66. The minimum absolute atomic E-state index is 0.383. The third-order valence-corrected chi connectivity index (χ3v) is 6.34. The molecule has 2 aromatic carbocycles. The quantitative estimate of drug-likeness (QED) is 0.782. The summed E-state index contributed by atoms with van der Waals surface area (Å²) in [7, 11) is 0. The van der Waals surface area contributed by atoms with Crippen molar-refractivity contribution in [2.75, 3.05) is 19.3 Å². The Morgan fingerprint density at radius 1 is 0.864 bits per heavy atom. The van der Waals surface area contributed by atoms with Crippen molar-refractivity contribution in [3.05, 3.63) is 71.8 Å². The monoisotopic (exact) mass is 311 g/mol. The van der Waals surface area contributed by atoms with E-state index in [1.165, 1.54) is 37.1 Å². The molecule has 0 aromatic heterocycles. The van der Waals surface area contributed by atoms with Crippen LogP contribution in [-0.2, 0) is 0 Å². The summed E-state index contributed by atoms with van der Waals surface area (Å²) in [6.07, 6.45) is 4.79. The van der Waals surface area contributed by atoms with E-state index in [4.69, 9.17) is 0 Å². The maximum absolute atomic E-state index is 2.66. The van der Waals surface area contributed by atoms with Gasteiger partial charge in [-0.25, -0.2) is 0 Å². The third-order valence-electron chi connectivity index (χ3n) is 4.94. The molecule has 1 nitrogen and oxygen atoms in total. The van der Waals surface area contributed by atoms with E-state index < -0.39 is 0 Å². The standard InChI is InChI=1S/C20H25NS/c1-20(22-2)13-15-21(16-14-20)19(17-9-5-3-6-10-17)18-11-7-4-8-12-18/h3-12,19H,13-16H2,1-2H3. The van der Waals surface area contributed by atoms with E-state index in [-0.39, 0.29) is 0 Å². The predicted molar refractivity (Wildman–Crippen MR) is 97.5 cm³/mol. The Hall–Kier alpha value is -1.25. The zero-order chi connectivity index (χ0) is 15.4. The van der Waals surface area contributed by atoms with Crippen molar-refractivity contribution in [2.45, 2.75) is 30.6 Å².